The molecule has 0 saturated heterocycles. The lowest BCUT2D eigenvalue weighted by Gasteiger charge is -2.28. The largest absolute Gasteiger partial charge is 0.398 e. The molecule has 53 heavy (non-hydrogen) atoms. The maximum absolute atomic E-state index is 6.63. The van der Waals surface area contributed by atoms with Gasteiger partial charge in [-0.1, -0.05) is 159 Å². The number of anilines is 2. The van der Waals surface area contributed by atoms with Crippen LogP contribution in [0.5, 0.6) is 0 Å². The van der Waals surface area contributed by atoms with Crippen molar-refractivity contribution in [1.82, 2.24) is 5.43 Å². The zero-order chi connectivity index (χ0) is 36.4. The second-order valence-electron chi connectivity index (χ2n) is 14.2. The van der Waals surface area contributed by atoms with E-state index in [1.807, 2.05) is 36.4 Å². The SMILES string of the molecule is C=NN(NC(=NCc1ccccc1)C1=CC=CCC1)c1c(-c2ccc(-c3ccc4c(c3)C(C)(C)c3ccccc3-4)cc2)cccc1-c1ccccc1N. The van der Waals surface area contributed by atoms with E-state index in [9.17, 15) is 0 Å². The second-order valence-corrected chi connectivity index (χ2v) is 14.2. The first-order valence-electron chi connectivity index (χ1n) is 18.2. The van der Waals surface area contributed by atoms with Gasteiger partial charge in [-0.2, -0.15) is 10.2 Å². The predicted molar refractivity (Wildman–Crippen MR) is 224 cm³/mol. The van der Waals surface area contributed by atoms with Gasteiger partial charge < -0.3 is 5.73 Å². The Kier molecular flexibility index (Phi) is 9.07. The average Bonchev–Trinajstić information content (AvgIpc) is 3.44. The number of nitrogens with one attached hydrogen (secondary N) is 1. The van der Waals surface area contributed by atoms with Crippen molar-refractivity contribution in [3.63, 3.8) is 0 Å². The van der Waals surface area contributed by atoms with Gasteiger partial charge in [-0.05, 0) is 75.1 Å². The zero-order valence-corrected chi connectivity index (χ0v) is 30.3. The molecule has 0 bridgehead atoms. The molecule has 0 unspecified atom stereocenters. The second kappa shape index (κ2) is 14.3. The fourth-order valence-electron chi connectivity index (χ4n) is 7.72. The molecule has 0 aromatic heterocycles. The molecule has 2 aliphatic carbocycles. The number of para-hydroxylation sites is 2. The molecule has 0 aliphatic heterocycles. The lowest BCUT2D eigenvalue weighted by atomic mass is 9.81. The summed E-state index contributed by atoms with van der Waals surface area (Å²) in [6.07, 6.45) is 8.22. The minimum Gasteiger partial charge on any atom is -0.398 e. The summed E-state index contributed by atoms with van der Waals surface area (Å²) in [5, 5.41) is 6.34. The van der Waals surface area contributed by atoms with E-state index in [0.29, 0.717) is 12.2 Å². The number of aliphatic imine (C=N–C) groups is 1. The standard InChI is InChI=1S/C48H43N5/c1-48(2)43-23-12-10-19-39(43)40-30-29-37(31-44(40)48)34-25-27-35(28-26-34)38-21-14-22-42(41-20-11-13-24-45(41)49)46(38)53(50-3)52-47(36-17-8-5-9-18-36)51-32-33-15-6-4-7-16-33/h4-8,10-17,19-31H,3,9,18,32,49H2,1-2H3,(H,51,52). The van der Waals surface area contributed by atoms with E-state index in [1.54, 1.807) is 5.12 Å². The van der Waals surface area contributed by atoms with Crippen molar-refractivity contribution in [3.05, 3.63) is 180 Å². The van der Waals surface area contributed by atoms with Crippen molar-refractivity contribution in [2.75, 3.05) is 10.9 Å². The third-order valence-corrected chi connectivity index (χ3v) is 10.5. The minimum atomic E-state index is -0.0577. The highest BCUT2D eigenvalue weighted by atomic mass is 15.7. The van der Waals surface area contributed by atoms with Crippen LogP contribution < -0.4 is 16.3 Å². The number of rotatable bonds is 9. The number of nitrogens with two attached hydrogens (primary N) is 1. The molecule has 0 radical (unpaired) electrons. The number of allylic oxidation sites excluding steroid dienone is 3. The minimum absolute atomic E-state index is 0.0577. The van der Waals surface area contributed by atoms with Crippen LogP contribution in [0.3, 0.4) is 0 Å². The number of fused-ring (bicyclic) bond motifs is 3. The van der Waals surface area contributed by atoms with E-state index in [2.05, 4.69) is 152 Å². The highest BCUT2D eigenvalue weighted by Crippen LogP contribution is 2.49. The number of amidine groups is 1. The molecule has 0 spiro atoms. The van der Waals surface area contributed by atoms with Gasteiger partial charge in [0.1, 0.15) is 5.84 Å². The summed E-state index contributed by atoms with van der Waals surface area (Å²) < 4.78 is 0. The molecule has 8 rings (SSSR count). The van der Waals surface area contributed by atoms with Crippen LogP contribution in [0.1, 0.15) is 43.4 Å². The maximum Gasteiger partial charge on any atom is 0.145 e. The summed E-state index contributed by atoms with van der Waals surface area (Å²) in [4.78, 5) is 5.10. The van der Waals surface area contributed by atoms with E-state index >= 15 is 0 Å². The van der Waals surface area contributed by atoms with Gasteiger partial charge in [0.15, 0.2) is 0 Å². The van der Waals surface area contributed by atoms with E-state index in [4.69, 9.17) is 10.7 Å². The van der Waals surface area contributed by atoms with Gasteiger partial charge in [0, 0.05) is 34.5 Å². The molecule has 0 saturated carbocycles. The maximum atomic E-state index is 6.63. The van der Waals surface area contributed by atoms with Crippen molar-refractivity contribution in [1.29, 1.82) is 0 Å². The molecule has 6 aromatic rings. The highest BCUT2D eigenvalue weighted by molar-refractivity contribution is 6.02. The third kappa shape index (κ3) is 6.47. The zero-order valence-electron chi connectivity index (χ0n) is 30.3. The van der Waals surface area contributed by atoms with Gasteiger partial charge in [0.05, 0.1) is 12.2 Å². The Hall–Kier alpha value is -6.46. The molecule has 5 heteroatoms. The van der Waals surface area contributed by atoms with Crippen LogP contribution in [0.15, 0.2) is 173 Å². The molecule has 0 fully saturated rings. The topological polar surface area (TPSA) is 66.0 Å². The Morgan fingerprint density at radius 2 is 1.36 bits per heavy atom. The van der Waals surface area contributed by atoms with Crippen LogP contribution in [0.25, 0.3) is 44.5 Å². The molecule has 5 nitrogen and oxygen atoms in total. The molecule has 2 aliphatic rings. The Balaban J connectivity index is 1.20. The number of hydrogen-bond donors (Lipinski definition) is 2. The van der Waals surface area contributed by atoms with E-state index in [0.717, 1.165) is 63.3 Å². The molecule has 0 heterocycles. The van der Waals surface area contributed by atoms with Crippen LogP contribution in [-0.2, 0) is 12.0 Å². The lowest BCUT2D eigenvalue weighted by Crippen LogP contribution is -2.40. The van der Waals surface area contributed by atoms with Crippen molar-refractivity contribution in [2.45, 2.75) is 38.6 Å². The summed E-state index contributed by atoms with van der Waals surface area (Å²) >= 11 is 0. The van der Waals surface area contributed by atoms with Gasteiger partial charge in [-0.3, -0.25) is 10.4 Å². The Morgan fingerprint density at radius 3 is 2.11 bits per heavy atom. The first-order chi connectivity index (χ1) is 25.9. The summed E-state index contributed by atoms with van der Waals surface area (Å²) in [7, 11) is 0. The van der Waals surface area contributed by atoms with Crippen LogP contribution in [-0.4, -0.2) is 12.6 Å². The molecular weight excluding hydrogens is 647 g/mol. The Labute approximate surface area is 312 Å². The van der Waals surface area contributed by atoms with Gasteiger partial charge in [-0.25, -0.2) is 0 Å². The van der Waals surface area contributed by atoms with Crippen LogP contribution >= 0.6 is 0 Å². The van der Waals surface area contributed by atoms with Crippen molar-refractivity contribution in [3.8, 4) is 44.5 Å². The van der Waals surface area contributed by atoms with Crippen molar-refractivity contribution >= 4 is 23.9 Å². The number of nitrogen functional groups attached to an aromatic ring is 1. The molecule has 6 aromatic carbocycles. The summed E-state index contributed by atoms with van der Waals surface area (Å²) in [5.41, 5.74) is 25.6. The van der Waals surface area contributed by atoms with E-state index in [-0.39, 0.29) is 5.41 Å². The molecule has 0 amide bonds. The number of benzene rings is 6. The fourth-order valence-corrected chi connectivity index (χ4v) is 7.72. The van der Waals surface area contributed by atoms with E-state index in [1.165, 1.54) is 27.8 Å². The smallest absolute Gasteiger partial charge is 0.145 e. The fraction of sp³-hybridized carbons (Fsp3) is 0.125. The van der Waals surface area contributed by atoms with Crippen molar-refractivity contribution in [2.24, 2.45) is 10.1 Å². The van der Waals surface area contributed by atoms with Gasteiger partial charge in [-0.15, -0.1) is 0 Å². The summed E-state index contributed by atoms with van der Waals surface area (Å²) in [6.45, 7) is 9.23. The van der Waals surface area contributed by atoms with Gasteiger partial charge in [0.2, 0.25) is 0 Å². The number of hydrogen-bond acceptors (Lipinski definition) is 4. The molecule has 260 valence electrons. The highest BCUT2D eigenvalue weighted by Gasteiger charge is 2.35. The molecule has 0 atom stereocenters. The van der Waals surface area contributed by atoms with Crippen LogP contribution in [0.2, 0.25) is 0 Å². The first kappa shape index (κ1) is 33.7. The van der Waals surface area contributed by atoms with Crippen LogP contribution in [0.4, 0.5) is 11.4 Å². The average molecular weight is 690 g/mol. The van der Waals surface area contributed by atoms with Crippen LogP contribution in [0, 0.1) is 0 Å². The quantitative estimate of drug-likeness (QED) is 0.0687. The lowest BCUT2D eigenvalue weighted by molar-refractivity contribution is 0.660. The van der Waals surface area contributed by atoms with Gasteiger partial charge in [0.25, 0.3) is 0 Å². The summed E-state index contributed by atoms with van der Waals surface area (Å²) in [5.74, 6) is 0.754. The third-order valence-electron chi connectivity index (χ3n) is 10.5. The number of hydrazine groups is 1. The predicted octanol–water partition coefficient (Wildman–Crippen LogP) is 11.4. The Morgan fingerprint density at radius 1 is 0.698 bits per heavy atom. The number of hydrazone groups is 1. The Bertz CT molecular complexity index is 2400. The monoisotopic (exact) mass is 689 g/mol. The van der Waals surface area contributed by atoms with E-state index < -0.39 is 0 Å². The molecular formula is C48H43N5. The first-order valence-corrected chi connectivity index (χ1v) is 18.2. The normalized spacial score (nSPS) is 14.2. The van der Waals surface area contributed by atoms with Crippen molar-refractivity contribution < 1.29 is 0 Å². The van der Waals surface area contributed by atoms with Gasteiger partial charge >= 0.3 is 0 Å². The molecule has 3 N–H and O–H groups in total. The summed E-state index contributed by atoms with van der Waals surface area (Å²) in [6, 6.07) is 49.0. The number of nitrogens with zero attached hydrogens (tertiary/aromatic N) is 3.